The standard InChI is InChI=1S/C53H72O8Si/c1-11-48(58-37-41-27-29-42(55-9)30-28-41)52(7,8)49-33-38(2)50(54)53(56-10,61-49)35-43-34-47(57-36-40-21-15-12-16-22-40)39(3)46(60-43)31-32-59-62(51(4,5)6,44-23-17-13-18-24-44)45-25-19-14-20-26-45/h11-30,38-39,43,46-50,54H,1,31-37H2,2-10H3/t38-,39+,43+,46+,47+,48-,49-,50+,53-/m1/s1. The van der Waals surface area contributed by atoms with Crippen molar-refractivity contribution < 1.29 is 38.0 Å². The van der Waals surface area contributed by atoms with E-state index in [4.69, 9.17) is 32.8 Å². The third kappa shape index (κ3) is 10.6. The molecule has 2 saturated heterocycles. The summed E-state index contributed by atoms with van der Waals surface area (Å²) in [7, 11) is 0.532. The number of hydrogen-bond donors (Lipinski definition) is 1. The molecule has 0 saturated carbocycles. The fourth-order valence-corrected chi connectivity index (χ4v) is 14.4. The molecule has 0 amide bonds. The summed E-state index contributed by atoms with van der Waals surface area (Å²) in [6, 6.07) is 39.7. The summed E-state index contributed by atoms with van der Waals surface area (Å²) in [4.78, 5) is 0. The number of ether oxygens (including phenoxy) is 6. The molecule has 0 aliphatic carbocycles. The Morgan fingerprint density at radius 2 is 1.39 bits per heavy atom. The summed E-state index contributed by atoms with van der Waals surface area (Å²) in [5.41, 5.74) is 1.64. The first kappa shape index (κ1) is 47.8. The van der Waals surface area contributed by atoms with Gasteiger partial charge in [-0.05, 0) is 57.4 Å². The Kier molecular flexibility index (Phi) is 16.1. The van der Waals surface area contributed by atoms with E-state index in [-0.39, 0.29) is 47.4 Å². The number of benzene rings is 4. The Balaban J connectivity index is 1.24. The molecular formula is C53H72O8Si. The van der Waals surface area contributed by atoms with Gasteiger partial charge in [-0.3, -0.25) is 0 Å². The molecule has 8 nitrogen and oxygen atoms in total. The minimum Gasteiger partial charge on any atom is -0.497 e. The van der Waals surface area contributed by atoms with Gasteiger partial charge in [-0.2, -0.15) is 0 Å². The normalized spacial score (nSPS) is 26.5. The SMILES string of the molecule is C=C[C@@H](OCc1ccc(OC)cc1)C(C)(C)[C@H]1C[C@@H](C)[C@H](O)[C@](C[C@@H]2C[C@H](OCc3ccccc3)[C@@H](C)[C@H](CCO[Si](c3ccccc3)(c3ccccc3)C(C)(C)C)O2)(OC)O1. The van der Waals surface area contributed by atoms with E-state index in [1.165, 1.54) is 10.4 Å². The molecule has 1 N–H and O–H groups in total. The molecular weight excluding hydrogens is 793 g/mol. The Morgan fingerprint density at radius 1 is 0.806 bits per heavy atom. The van der Waals surface area contributed by atoms with Crippen LogP contribution in [0.3, 0.4) is 0 Å². The molecule has 0 unspecified atom stereocenters. The zero-order valence-electron chi connectivity index (χ0n) is 38.6. The number of rotatable bonds is 19. The van der Waals surface area contributed by atoms with Gasteiger partial charge in [0.2, 0.25) is 0 Å². The number of hydrogen-bond acceptors (Lipinski definition) is 8. The third-order valence-electron chi connectivity index (χ3n) is 13.6. The molecule has 62 heavy (non-hydrogen) atoms. The lowest BCUT2D eigenvalue weighted by Gasteiger charge is -2.53. The van der Waals surface area contributed by atoms with E-state index < -0.39 is 25.6 Å². The maximum absolute atomic E-state index is 12.0. The molecule has 6 rings (SSSR count). The maximum Gasteiger partial charge on any atom is 0.261 e. The fourth-order valence-electron chi connectivity index (χ4n) is 9.82. The summed E-state index contributed by atoms with van der Waals surface area (Å²) in [6.45, 7) is 21.1. The summed E-state index contributed by atoms with van der Waals surface area (Å²) in [5.74, 6) is -0.570. The zero-order valence-corrected chi connectivity index (χ0v) is 39.6. The van der Waals surface area contributed by atoms with Crippen molar-refractivity contribution >= 4 is 18.7 Å². The van der Waals surface area contributed by atoms with E-state index in [0.29, 0.717) is 45.5 Å². The molecule has 0 radical (unpaired) electrons. The number of aliphatic hydroxyl groups excluding tert-OH is 1. The van der Waals surface area contributed by atoms with Crippen molar-refractivity contribution in [2.75, 3.05) is 20.8 Å². The lowest BCUT2D eigenvalue weighted by atomic mass is 9.73. The monoisotopic (exact) mass is 864 g/mol. The Bertz CT molecular complexity index is 1910. The first-order valence-electron chi connectivity index (χ1n) is 22.5. The van der Waals surface area contributed by atoms with Gasteiger partial charge in [-0.15, -0.1) is 6.58 Å². The van der Waals surface area contributed by atoms with Crippen LogP contribution in [0.25, 0.3) is 0 Å². The van der Waals surface area contributed by atoms with Crippen LogP contribution >= 0.6 is 0 Å². The highest BCUT2D eigenvalue weighted by atomic mass is 28.4. The van der Waals surface area contributed by atoms with Crippen LogP contribution in [-0.4, -0.2) is 76.7 Å². The van der Waals surface area contributed by atoms with Crippen molar-refractivity contribution in [1.29, 1.82) is 0 Å². The van der Waals surface area contributed by atoms with E-state index in [1.54, 1.807) is 14.2 Å². The van der Waals surface area contributed by atoms with E-state index in [9.17, 15) is 5.11 Å². The molecule has 2 aliphatic heterocycles. The van der Waals surface area contributed by atoms with Crippen LogP contribution in [0.2, 0.25) is 5.04 Å². The van der Waals surface area contributed by atoms with Crippen molar-refractivity contribution in [3.8, 4) is 5.75 Å². The minimum absolute atomic E-state index is 0.0789. The van der Waals surface area contributed by atoms with Crippen LogP contribution in [0.1, 0.15) is 85.3 Å². The highest BCUT2D eigenvalue weighted by Crippen LogP contribution is 2.47. The molecule has 0 bridgehead atoms. The summed E-state index contributed by atoms with van der Waals surface area (Å²) >= 11 is 0. The molecule has 0 aromatic heterocycles. The predicted molar refractivity (Wildman–Crippen MR) is 250 cm³/mol. The van der Waals surface area contributed by atoms with Gasteiger partial charge in [0.05, 0.1) is 50.8 Å². The molecule has 2 heterocycles. The zero-order chi connectivity index (χ0) is 44.5. The molecule has 9 heteroatoms. The second kappa shape index (κ2) is 20.9. The van der Waals surface area contributed by atoms with E-state index in [2.05, 4.69) is 128 Å². The van der Waals surface area contributed by atoms with Gasteiger partial charge < -0.3 is 38.0 Å². The van der Waals surface area contributed by atoms with Gasteiger partial charge >= 0.3 is 0 Å². The van der Waals surface area contributed by atoms with Gasteiger partial charge in [-0.25, -0.2) is 0 Å². The smallest absolute Gasteiger partial charge is 0.261 e. The molecule has 9 atom stereocenters. The van der Waals surface area contributed by atoms with Gasteiger partial charge in [0.25, 0.3) is 8.32 Å². The average Bonchev–Trinajstić information content (AvgIpc) is 3.28. The van der Waals surface area contributed by atoms with Crippen LogP contribution in [0.5, 0.6) is 5.75 Å². The third-order valence-corrected chi connectivity index (χ3v) is 18.7. The lowest BCUT2D eigenvalue weighted by molar-refractivity contribution is -0.353. The van der Waals surface area contributed by atoms with Crippen molar-refractivity contribution in [1.82, 2.24) is 0 Å². The van der Waals surface area contributed by atoms with Crippen LogP contribution in [-0.2, 0) is 41.3 Å². The van der Waals surface area contributed by atoms with Crippen LogP contribution < -0.4 is 15.1 Å². The van der Waals surface area contributed by atoms with Crippen LogP contribution in [0.4, 0.5) is 0 Å². The quantitative estimate of drug-likeness (QED) is 0.0738. The largest absolute Gasteiger partial charge is 0.497 e. The van der Waals surface area contributed by atoms with Gasteiger partial charge in [0.15, 0.2) is 5.79 Å². The van der Waals surface area contributed by atoms with Crippen LogP contribution in [0, 0.1) is 17.3 Å². The predicted octanol–water partition coefficient (Wildman–Crippen LogP) is 9.66. The van der Waals surface area contributed by atoms with Gasteiger partial charge in [0.1, 0.15) is 11.9 Å². The van der Waals surface area contributed by atoms with Crippen molar-refractivity contribution in [3.05, 3.63) is 139 Å². The van der Waals surface area contributed by atoms with Crippen molar-refractivity contribution in [2.45, 2.75) is 135 Å². The second-order valence-electron chi connectivity index (χ2n) is 19.1. The Labute approximate surface area is 373 Å². The average molecular weight is 865 g/mol. The van der Waals surface area contributed by atoms with Gasteiger partial charge in [0, 0.05) is 37.9 Å². The minimum atomic E-state index is -2.77. The highest BCUT2D eigenvalue weighted by molar-refractivity contribution is 6.99. The Hall–Kier alpha value is -3.64. The van der Waals surface area contributed by atoms with E-state index in [1.807, 2.05) is 48.5 Å². The lowest BCUT2D eigenvalue weighted by Crippen LogP contribution is -2.66. The molecule has 2 fully saturated rings. The summed E-state index contributed by atoms with van der Waals surface area (Å²) in [6.07, 6.45) is 1.97. The molecule has 336 valence electrons. The maximum atomic E-state index is 12.0. The molecule has 4 aromatic carbocycles. The Morgan fingerprint density at radius 3 is 1.94 bits per heavy atom. The summed E-state index contributed by atoms with van der Waals surface area (Å²) in [5, 5.41) is 14.4. The first-order chi connectivity index (χ1) is 29.7. The molecule has 4 aromatic rings. The fraction of sp³-hybridized carbons (Fsp3) is 0.509. The van der Waals surface area contributed by atoms with E-state index in [0.717, 1.165) is 16.9 Å². The van der Waals surface area contributed by atoms with Crippen molar-refractivity contribution in [2.24, 2.45) is 17.3 Å². The summed E-state index contributed by atoms with van der Waals surface area (Å²) < 4.78 is 46.6. The number of aliphatic hydroxyl groups is 1. The van der Waals surface area contributed by atoms with E-state index >= 15 is 0 Å². The molecule has 0 spiro atoms. The topological polar surface area (TPSA) is 84.8 Å². The second-order valence-corrected chi connectivity index (χ2v) is 23.5. The molecule has 2 aliphatic rings. The van der Waals surface area contributed by atoms with Gasteiger partial charge in [-0.1, -0.05) is 158 Å². The van der Waals surface area contributed by atoms with Crippen molar-refractivity contribution in [3.63, 3.8) is 0 Å². The van der Waals surface area contributed by atoms with Crippen LogP contribution in [0.15, 0.2) is 128 Å². The number of methoxy groups -OCH3 is 2. The first-order valence-corrected chi connectivity index (χ1v) is 24.4. The highest BCUT2D eigenvalue weighted by Gasteiger charge is 2.55.